The second-order valence-electron chi connectivity index (χ2n) is 2.81. The summed E-state index contributed by atoms with van der Waals surface area (Å²) in [6.07, 6.45) is 1.65. The van der Waals surface area contributed by atoms with Gasteiger partial charge in [-0.3, -0.25) is 0 Å². The number of nitrogens with zero attached hydrogens (tertiary/aromatic N) is 5. The van der Waals surface area contributed by atoms with E-state index in [0.717, 1.165) is 5.82 Å². The number of hydrogen-bond acceptors (Lipinski definition) is 7. The number of thioether (sulfide) groups is 1. The van der Waals surface area contributed by atoms with Crippen molar-refractivity contribution in [2.24, 2.45) is 12.8 Å². The van der Waals surface area contributed by atoms with E-state index in [1.165, 1.54) is 11.8 Å². The molecule has 0 saturated heterocycles. The molecule has 0 aromatic carbocycles. The van der Waals surface area contributed by atoms with Crippen LogP contribution in [0.15, 0.2) is 16.0 Å². The molecule has 2 aromatic heterocycles. The molecule has 2 rings (SSSR count). The van der Waals surface area contributed by atoms with Gasteiger partial charge in [0, 0.05) is 7.05 Å². The molecule has 0 saturated carbocycles. The Morgan fingerprint density at radius 1 is 1.47 bits per heavy atom. The van der Waals surface area contributed by atoms with Crippen LogP contribution in [0.4, 0.5) is 0 Å². The summed E-state index contributed by atoms with van der Waals surface area (Å²) in [5, 5.41) is 15.8. The summed E-state index contributed by atoms with van der Waals surface area (Å²) >= 11 is 1.41. The second-order valence-corrected chi connectivity index (χ2v) is 3.74. The largest absolute Gasteiger partial charge is 0.415 e. The van der Waals surface area contributed by atoms with Crippen LogP contribution in [0.5, 0.6) is 0 Å². The van der Waals surface area contributed by atoms with E-state index in [1.54, 1.807) is 6.33 Å². The fourth-order valence-corrected chi connectivity index (χ4v) is 1.71. The fraction of sp³-hybridized carbons (Fsp3) is 0.429. The minimum Gasteiger partial charge on any atom is -0.415 e. The second kappa shape index (κ2) is 4.41. The molecule has 2 N–H and O–H groups in total. The van der Waals surface area contributed by atoms with Crippen LogP contribution in [0.1, 0.15) is 11.7 Å². The first-order valence-corrected chi connectivity index (χ1v) is 5.26. The van der Waals surface area contributed by atoms with E-state index in [9.17, 15) is 0 Å². The van der Waals surface area contributed by atoms with Crippen molar-refractivity contribution in [2.75, 3.05) is 0 Å². The molecule has 0 fully saturated rings. The van der Waals surface area contributed by atoms with Crippen LogP contribution in [-0.4, -0.2) is 25.0 Å². The lowest BCUT2D eigenvalue weighted by molar-refractivity contribution is 0.414. The van der Waals surface area contributed by atoms with Gasteiger partial charge < -0.3 is 14.7 Å². The molecule has 7 nitrogen and oxygen atoms in total. The minimum atomic E-state index is 0.261. The Hall–Kier alpha value is -1.41. The van der Waals surface area contributed by atoms with Gasteiger partial charge >= 0.3 is 0 Å². The third-order valence-electron chi connectivity index (χ3n) is 1.75. The zero-order valence-electron chi connectivity index (χ0n) is 8.12. The topological polar surface area (TPSA) is 95.7 Å². The van der Waals surface area contributed by atoms with E-state index in [2.05, 4.69) is 20.4 Å². The predicted octanol–water partition coefficient (Wildman–Crippen LogP) is -0.0509. The van der Waals surface area contributed by atoms with Crippen LogP contribution in [0.2, 0.25) is 0 Å². The Balaban J connectivity index is 1.96. The highest BCUT2D eigenvalue weighted by Crippen LogP contribution is 2.19. The zero-order chi connectivity index (χ0) is 10.7. The maximum Gasteiger partial charge on any atom is 0.277 e. The van der Waals surface area contributed by atoms with E-state index in [0.29, 0.717) is 16.9 Å². The Morgan fingerprint density at radius 2 is 2.33 bits per heavy atom. The fourth-order valence-electron chi connectivity index (χ4n) is 0.943. The summed E-state index contributed by atoms with van der Waals surface area (Å²) in [6, 6.07) is 0. The van der Waals surface area contributed by atoms with E-state index < -0.39 is 0 Å². The Labute approximate surface area is 90.1 Å². The molecule has 0 aliphatic heterocycles. The minimum absolute atomic E-state index is 0.261. The summed E-state index contributed by atoms with van der Waals surface area (Å²) in [5.41, 5.74) is 5.35. The number of aryl methyl sites for hydroxylation is 1. The van der Waals surface area contributed by atoms with Gasteiger partial charge in [0.1, 0.15) is 12.2 Å². The van der Waals surface area contributed by atoms with Crippen LogP contribution in [-0.2, 0) is 19.3 Å². The normalized spacial score (nSPS) is 10.8. The molecule has 2 aromatic rings. The van der Waals surface area contributed by atoms with Crippen molar-refractivity contribution in [3.05, 3.63) is 18.0 Å². The van der Waals surface area contributed by atoms with Crippen LogP contribution in [0.3, 0.4) is 0 Å². The zero-order valence-corrected chi connectivity index (χ0v) is 8.94. The van der Waals surface area contributed by atoms with Crippen molar-refractivity contribution in [2.45, 2.75) is 17.5 Å². The third-order valence-corrected chi connectivity index (χ3v) is 2.57. The quantitative estimate of drug-likeness (QED) is 0.730. The average Bonchev–Trinajstić information content (AvgIpc) is 2.84. The molecular weight excluding hydrogens is 216 g/mol. The van der Waals surface area contributed by atoms with Gasteiger partial charge in [0.15, 0.2) is 0 Å². The van der Waals surface area contributed by atoms with Gasteiger partial charge in [-0.15, -0.1) is 20.4 Å². The van der Waals surface area contributed by atoms with Crippen molar-refractivity contribution in [3.63, 3.8) is 0 Å². The molecule has 0 amide bonds. The summed E-state index contributed by atoms with van der Waals surface area (Å²) in [5.74, 6) is 1.94. The van der Waals surface area contributed by atoms with Crippen LogP contribution in [0.25, 0.3) is 0 Å². The molecule has 0 bridgehead atoms. The Bertz CT molecular complexity index is 438. The highest BCUT2D eigenvalue weighted by molar-refractivity contribution is 7.98. The number of nitrogens with two attached hydrogens (primary N) is 1. The maximum atomic E-state index is 5.35. The predicted molar refractivity (Wildman–Crippen MR) is 52.8 cm³/mol. The van der Waals surface area contributed by atoms with E-state index in [-0.39, 0.29) is 6.54 Å². The van der Waals surface area contributed by atoms with Crippen LogP contribution < -0.4 is 5.73 Å². The lowest BCUT2D eigenvalue weighted by Gasteiger charge is -1.95. The lowest BCUT2D eigenvalue weighted by atomic mass is 10.7. The third kappa shape index (κ3) is 2.34. The van der Waals surface area contributed by atoms with Crippen LogP contribution >= 0.6 is 11.8 Å². The highest BCUT2D eigenvalue weighted by Gasteiger charge is 2.07. The van der Waals surface area contributed by atoms with Gasteiger partial charge in [0.25, 0.3) is 5.22 Å². The first-order valence-electron chi connectivity index (χ1n) is 4.27. The van der Waals surface area contributed by atoms with Gasteiger partial charge in [-0.25, -0.2) is 0 Å². The molecular formula is C7H10N6OS. The van der Waals surface area contributed by atoms with Crippen LogP contribution in [0, 0.1) is 0 Å². The van der Waals surface area contributed by atoms with E-state index >= 15 is 0 Å². The summed E-state index contributed by atoms with van der Waals surface area (Å²) in [7, 11) is 1.88. The monoisotopic (exact) mass is 226 g/mol. The SMILES string of the molecule is Cn1cnnc1CSc1nnc(CN)o1. The Kier molecular flexibility index (Phi) is 2.97. The molecule has 0 aliphatic carbocycles. The molecule has 15 heavy (non-hydrogen) atoms. The number of aromatic nitrogens is 5. The molecule has 0 atom stereocenters. The van der Waals surface area contributed by atoms with E-state index in [1.807, 2.05) is 11.6 Å². The molecule has 0 aliphatic rings. The molecule has 80 valence electrons. The first-order chi connectivity index (χ1) is 7.29. The van der Waals surface area contributed by atoms with Crippen molar-refractivity contribution in [1.29, 1.82) is 0 Å². The lowest BCUT2D eigenvalue weighted by Crippen LogP contribution is -1.95. The summed E-state index contributed by atoms with van der Waals surface area (Å²) < 4.78 is 7.07. The highest BCUT2D eigenvalue weighted by atomic mass is 32.2. The maximum absolute atomic E-state index is 5.35. The van der Waals surface area contributed by atoms with Gasteiger partial charge in [0.2, 0.25) is 5.89 Å². The van der Waals surface area contributed by atoms with Crippen molar-refractivity contribution in [3.8, 4) is 0 Å². The molecule has 0 radical (unpaired) electrons. The number of rotatable bonds is 4. The summed E-state index contributed by atoms with van der Waals surface area (Å²) in [6.45, 7) is 0.261. The standard InChI is InChI=1S/C7H10N6OS/c1-13-4-9-10-5(13)3-15-7-12-11-6(2-8)14-7/h4H,2-3,8H2,1H3. The smallest absolute Gasteiger partial charge is 0.277 e. The van der Waals surface area contributed by atoms with Gasteiger partial charge in [-0.05, 0) is 0 Å². The van der Waals surface area contributed by atoms with Crippen molar-refractivity contribution in [1.82, 2.24) is 25.0 Å². The first kappa shape index (κ1) is 10.1. The van der Waals surface area contributed by atoms with Crippen molar-refractivity contribution >= 4 is 11.8 Å². The van der Waals surface area contributed by atoms with Gasteiger partial charge in [-0.1, -0.05) is 11.8 Å². The molecule has 8 heteroatoms. The molecule has 0 spiro atoms. The average molecular weight is 226 g/mol. The van der Waals surface area contributed by atoms with Gasteiger partial charge in [0.05, 0.1) is 12.3 Å². The summed E-state index contributed by atoms with van der Waals surface area (Å²) in [4.78, 5) is 0. The van der Waals surface area contributed by atoms with E-state index in [4.69, 9.17) is 10.2 Å². The molecule has 0 unspecified atom stereocenters. The Morgan fingerprint density at radius 3 is 2.93 bits per heavy atom. The number of hydrogen-bond donors (Lipinski definition) is 1. The van der Waals surface area contributed by atoms with Crippen molar-refractivity contribution < 1.29 is 4.42 Å². The van der Waals surface area contributed by atoms with Gasteiger partial charge in [-0.2, -0.15) is 0 Å². The molecule has 2 heterocycles.